The van der Waals surface area contributed by atoms with E-state index in [1.54, 1.807) is 0 Å². The van der Waals surface area contributed by atoms with Crippen LogP contribution < -0.4 is 5.32 Å². The minimum atomic E-state index is 0.231. The maximum atomic E-state index is 3.68. The summed E-state index contributed by atoms with van der Waals surface area (Å²) in [5.41, 5.74) is 0.231. The van der Waals surface area contributed by atoms with Crippen molar-refractivity contribution in [3.05, 3.63) is 0 Å². The minimum Gasteiger partial charge on any atom is -0.311 e. The Kier molecular flexibility index (Phi) is 6.13. The van der Waals surface area contributed by atoms with Gasteiger partial charge in [0.05, 0.1) is 0 Å². The zero-order chi connectivity index (χ0) is 13.8. The average Bonchev–Trinajstić information content (AvgIpc) is 2.28. The molecule has 2 nitrogen and oxygen atoms in total. The van der Waals surface area contributed by atoms with Crippen molar-refractivity contribution in [1.82, 2.24) is 10.2 Å². The Balaban J connectivity index is 2.47. The van der Waals surface area contributed by atoms with Gasteiger partial charge >= 0.3 is 0 Å². The molecule has 0 aromatic heterocycles. The molecule has 1 fully saturated rings. The van der Waals surface area contributed by atoms with E-state index < -0.39 is 0 Å². The van der Waals surface area contributed by atoms with Crippen LogP contribution in [-0.2, 0) is 0 Å². The Hall–Kier alpha value is -0.0800. The third-order valence-electron chi connectivity index (χ3n) is 4.31. The molecule has 0 aliphatic carbocycles. The molecule has 1 unspecified atom stereocenters. The van der Waals surface area contributed by atoms with Crippen LogP contribution in [0.2, 0.25) is 0 Å². The van der Waals surface area contributed by atoms with E-state index in [1.165, 1.54) is 32.4 Å². The number of piperidine rings is 1. The predicted octanol–water partition coefficient (Wildman–Crippen LogP) is 3.52. The fourth-order valence-electron chi connectivity index (χ4n) is 2.89. The standard InChI is InChI=1S/C16H34N2/c1-7-14-8-10-18(11-9-14)15(13(2)3)12-17-16(4,5)6/h13-15,17H,7-12H2,1-6H3. The third kappa shape index (κ3) is 5.27. The summed E-state index contributed by atoms with van der Waals surface area (Å²) < 4.78 is 0. The highest BCUT2D eigenvalue weighted by molar-refractivity contribution is 4.84. The molecular formula is C16H34N2. The van der Waals surface area contributed by atoms with Gasteiger partial charge in [-0.15, -0.1) is 0 Å². The smallest absolute Gasteiger partial charge is 0.0243 e. The fourth-order valence-corrected chi connectivity index (χ4v) is 2.89. The van der Waals surface area contributed by atoms with Crippen molar-refractivity contribution in [2.45, 2.75) is 72.4 Å². The van der Waals surface area contributed by atoms with Gasteiger partial charge in [0.1, 0.15) is 0 Å². The van der Waals surface area contributed by atoms with Crippen molar-refractivity contribution >= 4 is 0 Å². The second-order valence-corrected chi connectivity index (χ2v) is 7.33. The fraction of sp³-hybridized carbons (Fsp3) is 1.00. The molecule has 1 N–H and O–H groups in total. The van der Waals surface area contributed by atoms with Crippen molar-refractivity contribution in [2.75, 3.05) is 19.6 Å². The van der Waals surface area contributed by atoms with Gasteiger partial charge in [-0.05, 0) is 58.5 Å². The first-order valence-corrected chi connectivity index (χ1v) is 7.82. The lowest BCUT2D eigenvalue weighted by molar-refractivity contribution is 0.0971. The van der Waals surface area contributed by atoms with E-state index in [9.17, 15) is 0 Å². The first kappa shape index (κ1) is 16.0. The Labute approximate surface area is 115 Å². The van der Waals surface area contributed by atoms with Gasteiger partial charge in [0.25, 0.3) is 0 Å². The van der Waals surface area contributed by atoms with Crippen molar-refractivity contribution in [3.63, 3.8) is 0 Å². The molecule has 2 heteroatoms. The first-order chi connectivity index (χ1) is 8.33. The van der Waals surface area contributed by atoms with Crippen LogP contribution in [0.4, 0.5) is 0 Å². The van der Waals surface area contributed by atoms with E-state index in [0.29, 0.717) is 6.04 Å². The van der Waals surface area contributed by atoms with Gasteiger partial charge in [-0.3, -0.25) is 4.90 Å². The summed E-state index contributed by atoms with van der Waals surface area (Å²) in [4.78, 5) is 2.72. The number of likely N-dealkylation sites (tertiary alicyclic amines) is 1. The van der Waals surface area contributed by atoms with Crippen LogP contribution in [0.15, 0.2) is 0 Å². The van der Waals surface area contributed by atoms with Gasteiger partial charge < -0.3 is 5.32 Å². The van der Waals surface area contributed by atoms with Crippen LogP contribution in [0.3, 0.4) is 0 Å². The van der Waals surface area contributed by atoms with Gasteiger partial charge in [0, 0.05) is 18.1 Å². The zero-order valence-electron chi connectivity index (χ0n) is 13.4. The molecule has 1 atom stereocenters. The van der Waals surface area contributed by atoms with Crippen molar-refractivity contribution < 1.29 is 0 Å². The molecule has 108 valence electrons. The molecule has 1 aliphatic rings. The Bertz CT molecular complexity index is 222. The lowest BCUT2D eigenvalue weighted by atomic mass is 9.91. The summed E-state index contributed by atoms with van der Waals surface area (Å²) in [6, 6.07) is 0.696. The van der Waals surface area contributed by atoms with E-state index in [2.05, 4.69) is 51.8 Å². The summed E-state index contributed by atoms with van der Waals surface area (Å²) >= 11 is 0. The summed E-state index contributed by atoms with van der Waals surface area (Å²) in [5.74, 6) is 1.71. The van der Waals surface area contributed by atoms with E-state index in [1.807, 2.05) is 0 Å². The molecule has 1 aliphatic heterocycles. The lowest BCUT2D eigenvalue weighted by Gasteiger charge is -2.40. The molecule has 0 aromatic rings. The highest BCUT2D eigenvalue weighted by Crippen LogP contribution is 2.23. The minimum absolute atomic E-state index is 0.231. The molecule has 18 heavy (non-hydrogen) atoms. The topological polar surface area (TPSA) is 15.3 Å². The summed E-state index contributed by atoms with van der Waals surface area (Å²) in [6.45, 7) is 17.6. The van der Waals surface area contributed by atoms with E-state index in [-0.39, 0.29) is 5.54 Å². The van der Waals surface area contributed by atoms with Gasteiger partial charge in [-0.2, -0.15) is 0 Å². The molecule has 0 saturated carbocycles. The van der Waals surface area contributed by atoms with Crippen LogP contribution in [0.25, 0.3) is 0 Å². The molecule has 1 heterocycles. The molecular weight excluding hydrogens is 220 g/mol. The molecule has 0 aromatic carbocycles. The lowest BCUT2D eigenvalue weighted by Crippen LogP contribution is -2.52. The van der Waals surface area contributed by atoms with Crippen LogP contribution in [-0.4, -0.2) is 36.1 Å². The number of rotatable bonds is 5. The van der Waals surface area contributed by atoms with E-state index in [0.717, 1.165) is 18.4 Å². The SMILES string of the molecule is CCC1CCN(C(CNC(C)(C)C)C(C)C)CC1. The second-order valence-electron chi connectivity index (χ2n) is 7.33. The van der Waals surface area contributed by atoms with Crippen molar-refractivity contribution in [2.24, 2.45) is 11.8 Å². The van der Waals surface area contributed by atoms with Crippen LogP contribution in [0, 0.1) is 11.8 Å². The van der Waals surface area contributed by atoms with Gasteiger partial charge in [0.15, 0.2) is 0 Å². The molecule has 1 saturated heterocycles. The second kappa shape index (κ2) is 6.91. The molecule has 0 amide bonds. The Morgan fingerprint density at radius 1 is 1.17 bits per heavy atom. The Morgan fingerprint density at radius 2 is 1.72 bits per heavy atom. The third-order valence-corrected chi connectivity index (χ3v) is 4.31. The first-order valence-electron chi connectivity index (χ1n) is 7.82. The van der Waals surface area contributed by atoms with Crippen molar-refractivity contribution in [1.29, 1.82) is 0 Å². The van der Waals surface area contributed by atoms with Crippen LogP contribution >= 0.6 is 0 Å². The molecule has 0 bridgehead atoms. The van der Waals surface area contributed by atoms with Crippen molar-refractivity contribution in [3.8, 4) is 0 Å². The van der Waals surface area contributed by atoms with E-state index in [4.69, 9.17) is 0 Å². The summed E-state index contributed by atoms with van der Waals surface area (Å²) in [7, 11) is 0. The van der Waals surface area contributed by atoms with Gasteiger partial charge in [0.2, 0.25) is 0 Å². The number of nitrogens with zero attached hydrogens (tertiary/aromatic N) is 1. The molecule has 0 spiro atoms. The Morgan fingerprint density at radius 3 is 2.11 bits per heavy atom. The van der Waals surface area contributed by atoms with Crippen LogP contribution in [0.1, 0.15) is 60.8 Å². The summed E-state index contributed by atoms with van der Waals surface area (Å²) in [5, 5.41) is 3.68. The van der Waals surface area contributed by atoms with Crippen LogP contribution in [0.5, 0.6) is 0 Å². The number of hydrogen-bond acceptors (Lipinski definition) is 2. The van der Waals surface area contributed by atoms with Gasteiger partial charge in [-0.1, -0.05) is 27.2 Å². The maximum Gasteiger partial charge on any atom is 0.0243 e. The quantitative estimate of drug-likeness (QED) is 0.807. The normalized spacial score (nSPS) is 21.5. The van der Waals surface area contributed by atoms with E-state index >= 15 is 0 Å². The maximum absolute atomic E-state index is 3.68. The summed E-state index contributed by atoms with van der Waals surface area (Å²) in [6.07, 6.45) is 4.16. The van der Waals surface area contributed by atoms with Gasteiger partial charge in [-0.25, -0.2) is 0 Å². The zero-order valence-corrected chi connectivity index (χ0v) is 13.4. The number of hydrogen-bond donors (Lipinski definition) is 1. The molecule has 0 radical (unpaired) electrons. The highest BCUT2D eigenvalue weighted by atomic mass is 15.2. The average molecular weight is 254 g/mol. The largest absolute Gasteiger partial charge is 0.311 e. The highest BCUT2D eigenvalue weighted by Gasteiger charge is 2.27. The molecule has 1 rings (SSSR count). The monoisotopic (exact) mass is 254 g/mol. The predicted molar refractivity (Wildman–Crippen MR) is 81.0 cm³/mol. The number of nitrogens with one attached hydrogen (secondary N) is 1.